The number of nitrogens with zero attached hydrogens (tertiary/aromatic N) is 1. The largest absolute Gasteiger partial charge is 0.477 e. The summed E-state index contributed by atoms with van der Waals surface area (Å²) >= 11 is 9.12. The number of aryl methyl sites for hydroxylation is 1. The summed E-state index contributed by atoms with van der Waals surface area (Å²) in [4.78, 5) is 18.0. The SMILES string of the molecule is CCCCP(=O)(c1ccc(Cl)cc1C)C(Cc1cc(-c2ccc(C#Cc3cscn3)cc2)sc1C(=O)O)CC1CCOCC1. The molecule has 0 radical (unpaired) electrons. The van der Waals surface area contributed by atoms with Gasteiger partial charge in [-0.1, -0.05) is 43.0 Å². The lowest BCUT2D eigenvalue weighted by molar-refractivity contribution is 0.0635. The number of hydrogen-bond donors (Lipinski definition) is 1. The molecule has 2 aromatic heterocycles. The molecule has 0 aliphatic carbocycles. The quantitative estimate of drug-likeness (QED) is 0.128. The minimum atomic E-state index is -2.94. The normalized spacial score (nSPS) is 15.7. The van der Waals surface area contributed by atoms with Gasteiger partial charge in [0.1, 0.15) is 17.7 Å². The van der Waals surface area contributed by atoms with Crippen LogP contribution in [0.25, 0.3) is 10.4 Å². The van der Waals surface area contributed by atoms with Crippen molar-refractivity contribution in [1.82, 2.24) is 4.98 Å². The Balaban J connectivity index is 1.50. The first kappa shape index (κ1) is 32.7. The van der Waals surface area contributed by atoms with Gasteiger partial charge in [0.2, 0.25) is 0 Å². The van der Waals surface area contributed by atoms with Gasteiger partial charge in [0.25, 0.3) is 0 Å². The fraction of sp³-hybridized carbons (Fsp3) is 0.371. The van der Waals surface area contributed by atoms with Crippen molar-refractivity contribution in [2.45, 2.75) is 58.0 Å². The van der Waals surface area contributed by atoms with Gasteiger partial charge in [-0.05, 0) is 104 Å². The number of thiazole rings is 1. The highest BCUT2D eigenvalue weighted by molar-refractivity contribution is 7.72. The molecular formula is C35H37ClNO4PS2. The number of thiophene rings is 1. The highest BCUT2D eigenvalue weighted by atomic mass is 35.5. The van der Waals surface area contributed by atoms with Crippen LogP contribution in [0.3, 0.4) is 0 Å². The Kier molecular flexibility index (Phi) is 11.2. The van der Waals surface area contributed by atoms with E-state index in [1.165, 1.54) is 22.7 Å². The molecule has 1 aliphatic rings. The molecule has 5 nitrogen and oxygen atoms in total. The summed E-state index contributed by atoms with van der Waals surface area (Å²) in [6, 6.07) is 15.5. The number of aromatic nitrogens is 1. The van der Waals surface area contributed by atoms with Crippen LogP contribution < -0.4 is 5.30 Å². The summed E-state index contributed by atoms with van der Waals surface area (Å²) in [6.07, 6.45) is 5.49. The lowest BCUT2D eigenvalue weighted by atomic mass is 9.92. The van der Waals surface area contributed by atoms with Crippen LogP contribution in [0.5, 0.6) is 0 Å². The number of carboxylic acid groups (broad SMARTS) is 1. The van der Waals surface area contributed by atoms with E-state index in [2.05, 4.69) is 23.7 Å². The van der Waals surface area contributed by atoms with E-state index in [1.54, 1.807) is 5.51 Å². The molecule has 2 aromatic carbocycles. The third kappa shape index (κ3) is 7.91. The van der Waals surface area contributed by atoms with Gasteiger partial charge in [0.15, 0.2) is 0 Å². The number of benzene rings is 2. The molecule has 2 unspecified atom stereocenters. The van der Waals surface area contributed by atoms with E-state index in [0.717, 1.165) is 70.2 Å². The summed E-state index contributed by atoms with van der Waals surface area (Å²) in [5, 5.41) is 13.7. The van der Waals surface area contributed by atoms with Crippen LogP contribution in [-0.2, 0) is 15.7 Å². The van der Waals surface area contributed by atoms with Crippen molar-refractivity contribution in [3.05, 3.63) is 91.7 Å². The van der Waals surface area contributed by atoms with E-state index >= 15 is 4.57 Å². The molecule has 0 bridgehead atoms. The molecule has 1 N–H and O–H groups in total. The summed E-state index contributed by atoms with van der Waals surface area (Å²) in [5.74, 6) is 5.65. The zero-order valence-corrected chi connectivity index (χ0v) is 28.3. The molecular weight excluding hydrogens is 629 g/mol. The third-order valence-electron chi connectivity index (χ3n) is 8.34. The second kappa shape index (κ2) is 15.0. The Morgan fingerprint density at radius 2 is 1.93 bits per heavy atom. The van der Waals surface area contributed by atoms with Gasteiger partial charge in [0, 0.05) is 51.2 Å². The molecule has 2 atom stereocenters. The predicted molar refractivity (Wildman–Crippen MR) is 184 cm³/mol. The molecule has 230 valence electrons. The van der Waals surface area contributed by atoms with Crippen molar-refractivity contribution >= 4 is 52.7 Å². The molecule has 0 amide bonds. The fourth-order valence-electron chi connectivity index (χ4n) is 5.99. The fourth-order valence-corrected chi connectivity index (χ4v) is 11.6. The molecule has 1 saturated heterocycles. The summed E-state index contributed by atoms with van der Waals surface area (Å²) in [5.41, 5.74) is 5.82. The number of halogens is 1. The zero-order valence-electron chi connectivity index (χ0n) is 25.1. The maximum atomic E-state index is 15.4. The average Bonchev–Trinajstić information content (AvgIpc) is 3.70. The average molecular weight is 666 g/mol. The maximum absolute atomic E-state index is 15.4. The van der Waals surface area contributed by atoms with Gasteiger partial charge in [0.05, 0.1) is 5.51 Å². The number of aromatic carboxylic acids is 1. The molecule has 1 aliphatic heterocycles. The third-order valence-corrected chi connectivity index (χ3v) is 14.2. The Morgan fingerprint density at radius 1 is 1.16 bits per heavy atom. The van der Waals surface area contributed by atoms with E-state index in [0.29, 0.717) is 41.6 Å². The van der Waals surface area contributed by atoms with Crippen LogP contribution in [0.15, 0.2) is 59.4 Å². The van der Waals surface area contributed by atoms with E-state index in [-0.39, 0.29) is 5.66 Å². The molecule has 9 heteroatoms. The molecule has 44 heavy (non-hydrogen) atoms. The Hall–Kier alpha value is -2.72. The summed E-state index contributed by atoms with van der Waals surface area (Å²) in [7, 11) is -2.94. The van der Waals surface area contributed by atoms with Crippen LogP contribution in [0, 0.1) is 24.7 Å². The first-order valence-corrected chi connectivity index (χ1v) is 19.2. The molecule has 0 spiro atoms. The Labute approximate surface area is 273 Å². The summed E-state index contributed by atoms with van der Waals surface area (Å²) < 4.78 is 21.0. The van der Waals surface area contributed by atoms with Gasteiger partial charge in [-0.3, -0.25) is 0 Å². The number of ether oxygens (including phenoxy) is 1. The van der Waals surface area contributed by atoms with Crippen molar-refractivity contribution < 1.29 is 19.2 Å². The van der Waals surface area contributed by atoms with Crippen LogP contribution in [0.1, 0.15) is 71.1 Å². The topological polar surface area (TPSA) is 76.5 Å². The molecule has 4 aromatic rings. The second-order valence-corrected chi connectivity index (χ2v) is 16.9. The molecule has 0 saturated carbocycles. The van der Waals surface area contributed by atoms with Crippen molar-refractivity contribution in [1.29, 1.82) is 0 Å². The number of carbonyl (C=O) groups is 1. The Bertz CT molecular complexity index is 1680. The van der Waals surface area contributed by atoms with E-state index < -0.39 is 13.1 Å². The van der Waals surface area contributed by atoms with Crippen molar-refractivity contribution in [3.63, 3.8) is 0 Å². The van der Waals surface area contributed by atoms with Gasteiger partial charge >= 0.3 is 5.97 Å². The molecule has 1 fully saturated rings. The summed E-state index contributed by atoms with van der Waals surface area (Å²) in [6.45, 7) is 5.53. The minimum absolute atomic E-state index is 0.180. The first-order chi connectivity index (χ1) is 21.3. The van der Waals surface area contributed by atoms with Gasteiger partial charge in [-0.2, -0.15) is 0 Å². The first-order valence-electron chi connectivity index (χ1n) is 15.1. The standard InChI is InChI=1S/C35H37ClNO4PS2/c1-3-4-17-42(40,32-12-10-29(36)18-24(32)2)31(19-26-13-15-41-16-14-26)20-28-21-33(44-34(28)35(38)39)27-8-5-25(6-9-27)7-11-30-22-43-23-37-30/h5-6,8-10,12,18,21-23,26,31H,3-4,13-17,19-20H2,1-2H3,(H,38,39). The van der Waals surface area contributed by atoms with Crippen LogP contribution in [-0.4, -0.2) is 41.1 Å². The zero-order chi connectivity index (χ0) is 31.1. The van der Waals surface area contributed by atoms with Gasteiger partial charge in [-0.15, -0.1) is 22.7 Å². The van der Waals surface area contributed by atoms with E-state index in [9.17, 15) is 9.90 Å². The molecule has 5 rings (SSSR count). The monoisotopic (exact) mass is 665 g/mol. The Morgan fingerprint density at radius 3 is 2.59 bits per heavy atom. The highest BCUT2D eigenvalue weighted by Crippen LogP contribution is 2.55. The smallest absolute Gasteiger partial charge is 0.346 e. The number of hydrogen-bond acceptors (Lipinski definition) is 6. The minimum Gasteiger partial charge on any atom is -0.477 e. The number of carboxylic acids is 1. The van der Waals surface area contributed by atoms with Crippen LogP contribution in [0.2, 0.25) is 5.02 Å². The lowest BCUT2D eigenvalue weighted by Crippen LogP contribution is -2.28. The predicted octanol–water partition coefficient (Wildman–Crippen LogP) is 9.15. The second-order valence-electron chi connectivity index (χ2n) is 11.4. The van der Waals surface area contributed by atoms with Crippen LogP contribution in [0.4, 0.5) is 0 Å². The van der Waals surface area contributed by atoms with Crippen molar-refractivity contribution in [2.24, 2.45) is 5.92 Å². The van der Waals surface area contributed by atoms with E-state index in [1.807, 2.05) is 60.8 Å². The van der Waals surface area contributed by atoms with Gasteiger partial charge < -0.3 is 14.4 Å². The lowest BCUT2D eigenvalue weighted by Gasteiger charge is -2.33. The van der Waals surface area contributed by atoms with Gasteiger partial charge in [-0.25, -0.2) is 9.78 Å². The number of unbranched alkanes of at least 4 members (excludes halogenated alkanes) is 1. The van der Waals surface area contributed by atoms with Crippen molar-refractivity contribution in [2.75, 3.05) is 19.4 Å². The maximum Gasteiger partial charge on any atom is 0.346 e. The van der Waals surface area contributed by atoms with E-state index in [4.69, 9.17) is 16.3 Å². The molecule has 3 heterocycles. The highest BCUT2D eigenvalue weighted by Gasteiger charge is 2.38. The van der Waals surface area contributed by atoms with Crippen molar-refractivity contribution in [3.8, 4) is 22.3 Å². The van der Waals surface area contributed by atoms with Crippen LogP contribution >= 0.6 is 41.4 Å². The number of rotatable bonds is 11.